The summed E-state index contributed by atoms with van der Waals surface area (Å²) in [7, 11) is 0. The zero-order valence-corrected chi connectivity index (χ0v) is 18.5. The maximum atomic E-state index is 16.0. The highest BCUT2D eigenvalue weighted by molar-refractivity contribution is 5.08. The van der Waals surface area contributed by atoms with Crippen molar-refractivity contribution < 1.29 is 13.5 Å². The quantitative estimate of drug-likeness (QED) is 0.407. The number of hydrogen-bond donors (Lipinski definition) is 0. The summed E-state index contributed by atoms with van der Waals surface area (Å²) in [5.41, 5.74) is -1.71. The lowest BCUT2D eigenvalue weighted by Crippen LogP contribution is -2.67. The Morgan fingerprint density at radius 3 is 1.93 bits per heavy atom. The molecule has 0 spiro atoms. The van der Waals surface area contributed by atoms with Crippen molar-refractivity contribution in [1.29, 1.82) is 0 Å². The summed E-state index contributed by atoms with van der Waals surface area (Å²) in [4.78, 5) is 0. The Balaban J connectivity index is 1.29. The van der Waals surface area contributed by atoms with Gasteiger partial charge in [0, 0.05) is 5.92 Å². The van der Waals surface area contributed by atoms with E-state index in [-0.39, 0.29) is 11.8 Å². The molecule has 0 aromatic carbocycles. The van der Waals surface area contributed by atoms with Gasteiger partial charge in [0.2, 0.25) is 6.36 Å². The lowest BCUT2D eigenvalue weighted by Gasteiger charge is -2.55. The van der Waals surface area contributed by atoms with Crippen LogP contribution in [-0.4, -0.2) is 18.1 Å². The number of allylic oxidation sites excluding steroid dienone is 1. The lowest BCUT2D eigenvalue weighted by molar-refractivity contribution is -0.344. The number of ether oxygens (including phenoxy) is 1. The van der Waals surface area contributed by atoms with E-state index in [9.17, 15) is 4.39 Å². The summed E-state index contributed by atoms with van der Waals surface area (Å²) in [6.07, 6.45) is 15.9. The van der Waals surface area contributed by atoms with Crippen LogP contribution < -0.4 is 0 Å². The van der Waals surface area contributed by atoms with Crippen molar-refractivity contribution >= 4 is 0 Å². The van der Waals surface area contributed by atoms with E-state index in [1.807, 2.05) is 0 Å². The SMILES string of the molecule is C=CC1CCC(C2CCC([C@@]3(F)C(C4CCC(CCC)CC4)O[C@@H]3F)CC2)CC1. The van der Waals surface area contributed by atoms with E-state index in [0.717, 1.165) is 56.3 Å². The maximum absolute atomic E-state index is 16.0. The molecule has 4 fully saturated rings. The maximum Gasteiger partial charge on any atom is 0.236 e. The fraction of sp³-hybridized carbons (Fsp3) is 0.923. The number of hydrogen-bond acceptors (Lipinski definition) is 1. The Kier molecular flexibility index (Phi) is 7.03. The molecule has 29 heavy (non-hydrogen) atoms. The van der Waals surface area contributed by atoms with Gasteiger partial charge in [-0.2, -0.15) is 0 Å². The van der Waals surface area contributed by atoms with E-state index < -0.39 is 18.1 Å². The summed E-state index contributed by atoms with van der Waals surface area (Å²) in [6, 6.07) is 0. The molecule has 3 aliphatic carbocycles. The van der Waals surface area contributed by atoms with Gasteiger partial charge in [-0.3, -0.25) is 0 Å². The summed E-state index contributed by atoms with van der Waals surface area (Å²) in [5.74, 6) is 3.11. The Morgan fingerprint density at radius 2 is 1.41 bits per heavy atom. The van der Waals surface area contributed by atoms with Crippen molar-refractivity contribution in [2.24, 2.45) is 35.5 Å². The van der Waals surface area contributed by atoms with Gasteiger partial charge in [-0.15, -0.1) is 6.58 Å². The summed E-state index contributed by atoms with van der Waals surface area (Å²) in [5, 5.41) is 0. The minimum absolute atomic E-state index is 0.134. The molecule has 1 aliphatic heterocycles. The van der Waals surface area contributed by atoms with Crippen molar-refractivity contribution in [1.82, 2.24) is 0 Å². The molecule has 3 heteroatoms. The fourth-order valence-electron chi connectivity index (χ4n) is 7.36. The van der Waals surface area contributed by atoms with Crippen molar-refractivity contribution in [3.63, 3.8) is 0 Å². The highest BCUT2D eigenvalue weighted by Crippen LogP contribution is 2.55. The zero-order valence-electron chi connectivity index (χ0n) is 18.5. The smallest absolute Gasteiger partial charge is 0.236 e. The van der Waals surface area contributed by atoms with Gasteiger partial charge in [0.05, 0.1) is 0 Å². The fourth-order valence-corrected chi connectivity index (χ4v) is 7.36. The monoisotopic (exact) mass is 408 g/mol. The van der Waals surface area contributed by atoms with Crippen LogP contribution in [0, 0.1) is 35.5 Å². The Labute approximate surface area is 177 Å². The third-order valence-electron chi connectivity index (χ3n) is 9.28. The molecule has 3 saturated carbocycles. The number of halogens is 2. The average molecular weight is 409 g/mol. The van der Waals surface area contributed by atoms with Crippen LogP contribution in [0.2, 0.25) is 0 Å². The molecule has 0 bridgehead atoms. The molecule has 0 N–H and O–H groups in total. The molecular weight excluding hydrogens is 366 g/mol. The molecule has 0 aromatic heterocycles. The normalized spacial score (nSPS) is 48.7. The molecule has 1 nitrogen and oxygen atoms in total. The van der Waals surface area contributed by atoms with Crippen LogP contribution in [0.4, 0.5) is 8.78 Å². The first-order chi connectivity index (χ1) is 14.1. The van der Waals surface area contributed by atoms with Crippen LogP contribution in [0.1, 0.15) is 96.8 Å². The second-order valence-electron chi connectivity index (χ2n) is 10.8. The summed E-state index contributed by atoms with van der Waals surface area (Å²) >= 11 is 0. The Morgan fingerprint density at radius 1 is 0.862 bits per heavy atom. The van der Waals surface area contributed by atoms with Gasteiger partial charge in [0.25, 0.3) is 0 Å². The van der Waals surface area contributed by atoms with E-state index in [0.29, 0.717) is 5.92 Å². The molecule has 0 aromatic rings. The number of alkyl halides is 2. The first-order valence-corrected chi connectivity index (χ1v) is 12.7. The zero-order chi connectivity index (χ0) is 20.4. The van der Waals surface area contributed by atoms with Gasteiger partial charge in [0.15, 0.2) is 5.67 Å². The molecule has 1 unspecified atom stereocenters. The van der Waals surface area contributed by atoms with Crippen molar-refractivity contribution in [3.05, 3.63) is 12.7 Å². The Hall–Kier alpha value is -0.440. The van der Waals surface area contributed by atoms with Gasteiger partial charge in [-0.1, -0.05) is 38.7 Å². The van der Waals surface area contributed by atoms with Crippen LogP contribution in [0.5, 0.6) is 0 Å². The van der Waals surface area contributed by atoms with Gasteiger partial charge in [0.1, 0.15) is 6.10 Å². The van der Waals surface area contributed by atoms with E-state index >= 15 is 4.39 Å². The van der Waals surface area contributed by atoms with Crippen LogP contribution in [-0.2, 0) is 4.74 Å². The van der Waals surface area contributed by atoms with Crippen molar-refractivity contribution in [2.75, 3.05) is 0 Å². The topological polar surface area (TPSA) is 9.23 Å². The van der Waals surface area contributed by atoms with Crippen LogP contribution in [0.15, 0.2) is 12.7 Å². The molecule has 4 rings (SSSR count). The largest absolute Gasteiger partial charge is 0.338 e. The van der Waals surface area contributed by atoms with Crippen LogP contribution >= 0.6 is 0 Å². The van der Waals surface area contributed by atoms with E-state index in [1.54, 1.807) is 0 Å². The molecule has 1 heterocycles. The average Bonchev–Trinajstić information content (AvgIpc) is 2.78. The number of rotatable bonds is 6. The lowest BCUT2D eigenvalue weighted by atomic mass is 9.62. The first-order valence-electron chi connectivity index (χ1n) is 12.7. The summed E-state index contributed by atoms with van der Waals surface area (Å²) in [6.45, 7) is 6.19. The van der Waals surface area contributed by atoms with E-state index in [1.165, 1.54) is 51.4 Å². The second-order valence-corrected chi connectivity index (χ2v) is 10.8. The van der Waals surface area contributed by atoms with Gasteiger partial charge >= 0.3 is 0 Å². The van der Waals surface area contributed by atoms with Crippen LogP contribution in [0.25, 0.3) is 0 Å². The molecule has 0 radical (unpaired) electrons. The molecule has 166 valence electrons. The highest BCUT2D eigenvalue weighted by atomic mass is 19.2. The molecule has 1 saturated heterocycles. The van der Waals surface area contributed by atoms with Gasteiger partial charge in [-0.05, 0) is 93.8 Å². The molecule has 4 aliphatic rings. The molecule has 3 atom stereocenters. The second kappa shape index (κ2) is 9.37. The molecule has 0 amide bonds. The van der Waals surface area contributed by atoms with Crippen molar-refractivity contribution in [2.45, 2.75) is 115 Å². The molecular formula is C26H42F2O. The highest BCUT2D eigenvalue weighted by Gasteiger charge is 2.65. The minimum atomic E-state index is -1.71. The first kappa shape index (κ1) is 21.8. The van der Waals surface area contributed by atoms with Gasteiger partial charge in [-0.25, -0.2) is 8.78 Å². The third-order valence-corrected chi connectivity index (χ3v) is 9.28. The van der Waals surface area contributed by atoms with Crippen molar-refractivity contribution in [3.8, 4) is 0 Å². The Bertz CT molecular complexity index is 527. The predicted octanol–water partition coefficient (Wildman–Crippen LogP) is 7.79. The standard InChI is InChI=1S/C26H42F2O/c1-3-5-19-8-12-22(13-9-19)24-26(28,25(27)29-24)23-16-14-21(15-17-23)20-10-6-18(4-2)7-11-20/h4,18-25H,2-3,5-17H2,1H3/t18?,19?,20?,21?,22?,23?,24?,25-,26+/m0/s1. The predicted molar refractivity (Wildman–Crippen MR) is 115 cm³/mol. The third kappa shape index (κ3) is 4.32. The minimum Gasteiger partial charge on any atom is -0.338 e. The van der Waals surface area contributed by atoms with Gasteiger partial charge < -0.3 is 4.74 Å². The summed E-state index contributed by atoms with van der Waals surface area (Å²) < 4.78 is 36.0. The van der Waals surface area contributed by atoms with E-state index in [4.69, 9.17) is 4.74 Å². The van der Waals surface area contributed by atoms with Crippen LogP contribution in [0.3, 0.4) is 0 Å². The van der Waals surface area contributed by atoms with E-state index in [2.05, 4.69) is 19.6 Å².